The summed E-state index contributed by atoms with van der Waals surface area (Å²) in [6.45, 7) is 0.675. The monoisotopic (exact) mass is 350 g/mol. The van der Waals surface area contributed by atoms with E-state index in [9.17, 15) is 14.3 Å². The number of carbonyl (C=O) groups is 1. The number of aryl methyl sites for hydroxylation is 2. The van der Waals surface area contributed by atoms with Gasteiger partial charge in [0, 0.05) is 18.9 Å². The van der Waals surface area contributed by atoms with E-state index in [0.29, 0.717) is 24.9 Å². The van der Waals surface area contributed by atoms with Crippen LogP contribution in [0, 0.1) is 5.82 Å². The molecule has 1 heterocycles. The predicted molar refractivity (Wildman–Crippen MR) is 98.5 cm³/mol. The number of nitrogens with zero attached hydrogens (tertiary/aromatic N) is 2. The molecule has 0 saturated heterocycles. The molecule has 4 nitrogen and oxygen atoms in total. The van der Waals surface area contributed by atoms with Gasteiger partial charge in [-0.3, -0.25) is 0 Å². The summed E-state index contributed by atoms with van der Waals surface area (Å²) in [6, 6.07) is 11.7. The Hall–Kier alpha value is -3.21. The molecule has 0 aliphatic carbocycles. The molecule has 5 heteroatoms. The molecule has 1 N–H and O–H groups in total. The lowest BCUT2D eigenvalue weighted by Crippen LogP contribution is -2.04. The Morgan fingerprint density at radius 2 is 1.96 bits per heavy atom. The summed E-state index contributed by atoms with van der Waals surface area (Å²) in [7, 11) is 0. The fourth-order valence-corrected chi connectivity index (χ4v) is 2.75. The Morgan fingerprint density at radius 3 is 2.65 bits per heavy atom. The molecular formula is C21H19FN2O2. The van der Waals surface area contributed by atoms with Crippen molar-refractivity contribution in [2.45, 2.75) is 19.4 Å². The van der Waals surface area contributed by atoms with Gasteiger partial charge in [-0.2, -0.15) is 0 Å². The summed E-state index contributed by atoms with van der Waals surface area (Å²) in [5, 5.41) is 9.51. The van der Waals surface area contributed by atoms with Gasteiger partial charge in [0.1, 0.15) is 5.82 Å². The lowest BCUT2D eigenvalue weighted by Gasteiger charge is -2.08. The van der Waals surface area contributed by atoms with Crippen molar-refractivity contribution in [2.75, 3.05) is 0 Å². The largest absolute Gasteiger partial charge is 0.478 e. The molecule has 0 aliphatic heterocycles. The zero-order chi connectivity index (χ0) is 18.4. The molecule has 0 unspecified atom stereocenters. The van der Waals surface area contributed by atoms with Gasteiger partial charge in [-0.05, 0) is 47.7 Å². The summed E-state index contributed by atoms with van der Waals surface area (Å²) in [5.74, 6) is -1.21. The van der Waals surface area contributed by atoms with Crippen LogP contribution in [0.5, 0.6) is 0 Å². The van der Waals surface area contributed by atoms with E-state index < -0.39 is 5.97 Å². The highest BCUT2D eigenvalue weighted by Crippen LogP contribution is 2.17. The maximum absolute atomic E-state index is 13.0. The van der Waals surface area contributed by atoms with E-state index in [1.54, 1.807) is 30.7 Å². The van der Waals surface area contributed by atoms with Crippen LogP contribution in [0.1, 0.15) is 27.0 Å². The average Bonchev–Trinajstić information content (AvgIpc) is 3.15. The minimum absolute atomic E-state index is 0.271. The number of imidazole rings is 1. The van der Waals surface area contributed by atoms with Crippen LogP contribution in [-0.2, 0) is 19.4 Å². The first-order valence-corrected chi connectivity index (χ1v) is 8.35. The van der Waals surface area contributed by atoms with E-state index in [2.05, 4.69) is 4.98 Å². The Labute approximate surface area is 151 Å². The van der Waals surface area contributed by atoms with Crippen molar-refractivity contribution in [3.8, 4) is 0 Å². The summed E-state index contributed by atoms with van der Waals surface area (Å²) < 4.78 is 14.9. The van der Waals surface area contributed by atoms with Crippen molar-refractivity contribution >= 4 is 12.0 Å². The summed E-state index contributed by atoms with van der Waals surface area (Å²) in [4.78, 5) is 15.6. The molecule has 0 fully saturated rings. The summed E-state index contributed by atoms with van der Waals surface area (Å²) in [6.07, 6.45) is 10.4. The number of hydrogen-bond donors (Lipinski definition) is 1. The number of carboxylic acids is 1. The first kappa shape index (κ1) is 17.6. The van der Waals surface area contributed by atoms with Crippen molar-refractivity contribution in [1.29, 1.82) is 0 Å². The van der Waals surface area contributed by atoms with Crippen LogP contribution in [0.15, 0.2) is 67.3 Å². The van der Waals surface area contributed by atoms with Crippen LogP contribution in [0.2, 0.25) is 0 Å². The molecule has 132 valence electrons. The number of rotatable bonds is 7. The number of allylic oxidation sites excluding steroid dienone is 1. The second kappa shape index (κ2) is 8.25. The van der Waals surface area contributed by atoms with Gasteiger partial charge in [-0.1, -0.05) is 36.4 Å². The van der Waals surface area contributed by atoms with Crippen molar-refractivity contribution in [1.82, 2.24) is 9.55 Å². The molecule has 2 aromatic carbocycles. The van der Waals surface area contributed by atoms with Gasteiger partial charge in [0.05, 0.1) is 11.9 Å². The zero-order valence-corrected chi connectivity index (χ0v) is 14.2. The molecule has 0 spiro atoms. The highest BCUT2D eigenvalue weighted by atomic mass is 19.1. The smallest absolute Gasteiger partial charge is 0.335 e. The number of aromatic carboxylic acids is 1. The lowest BCUT2D eigenvalue weighted by atomic mass is 9.97. The van der Waals surface area contributed by atoms with Gasteiger partial charge in [-0.25, -0.2) is 14.2 Å². The molecule has 0 atom stereocenters. The molecule has 0 aliphatic rings. The fourth-order valence-electron chi connectivity index (χ4n) is 2.75. The Kier molecular flexibility index (Phi) is 5.59. The highest BCUT2D eigenvalue weighted by molar-refractivity contribution is 5.90. The van der Waals surface area contributed by atoms with Crippen LogP contribution in [-0.4, -0.2) is 20.6 Å². The van der Waals surface area contributed by atoms with Gasteiger partial charge in [0.2, 0.25) is 0 Å². The minimum Gasteiger partial charge on any atom is -0.478 e. The SMILES string of the molecule is O=C(O)c1cc(/C=C/Cn2ccnc2)ccc1CCc1ccc(F)cc1. The molecule has 0 bridgehead atoms. The van der Waals surface area contributed by atoms with Gasteiger partial charge in [-0.15, -0.1) is 0 Å². The van der Waals surface area contributed by atoms with Gasteiger partial charge in [0.25, 0.3) is 0 Å². The molecule has 1 aromatic heterocycles. The first-order chi connectivity index (χ1) is 12.6. The van der Waals surface area contributed by atoms with Crippen LogP contribution in [0.3, 0.4) is 0 Å². The van der Waals surface area contributed by atoms with E-state index in [1.807, 2.05) is 35.0 Å². The maximum Gasteiger partial charge on any atom is 0.335 e. The molecule has 3 aromatic rings. The average molecular weight is 350 g/mol. The molecule has 26 heavy (non-hydrogen) atoms. The van der Waals surface area contributed by atoms with Crippen molar-refractivity contribution in [3.05, 3.63) is 95.3 Å². The molecule has 0 radical (unpaired) electrons. The molecule has 0 saturated carbocycles. The number of carboxylic acid groups (broad SMARTS) is 1. The van der Waals surface area contributed by atoms with Gasteiger partial charge < -0.3 is 9.67 Å². The van der Waals surface area contributed by atoms with E-state index >= 15 is 0 Å². The number of aromatic nitrogens is 2. The van der Waals surface area contributed by atoms with Crippen molar-refractivity contribution in [2.24, 2.45) is 0 Å². The topological polar surface area (TPSA) is 55.1 Å². The second-order valence-electron chi connectivity index (χ2n) is 6.01. The third-order valence-corrected chi connectivity index (χ3v) is 4.15. The summed E-state index contributed by atoms with van der Waals surface area (Å²) >= 11 is 0. The third-order valence-electron chi connectivity index (χ3n) is 4.15. The van der Waals surface area contributed by atoms with E-state index in [0.717, 1.165) is 16.7 Å². The standard InChI is InChI=1S/C21H19FN2O2/c22-19-9-5-16(6-10-19)3-7-18-8-4-17(14-20(18)21(25)26)2-1-12-24-13-11-23-15-24/h1-2,4-6,8-11,13-15H,3,7,12H2,(H,25,26)/b2-1+. The lowest BCUT2D eigenvalue weighted by molar-refractivity contribution is 0.0695. The number of hydrogen-bond acceptors (Lipinski definition) is 2. The van der Waals surface area contributed by atoms with Crippen LogP contribution in [0.4, 0.5) is 4.39 Å². The third kappa shape index (κ3) is 4.66. The fraction of sp³-hybridized carbons (Fsp3) is 0.143. The normalized spacial score (nSPS) is 11.1. The number of halogens is 1. The highest BCUT2D eigenvalue weighted by Gasteiger charge is 2.10. The summed E-state index contributed by atoms with van der Waals surface area (Å²) in [5.41, 5.74) is 2.89. The molecular weight excluding hydrogens is 331 g/mol. The van der Waals surface area contributed by atoms with Crippen molar-refractivity contribution in [3.63, 3.8) is 0 Å². The van der Waals surface area contributed by atoms with Gasteiger partial charge >= 0.3 is 5.97 Å². The minimum atomic E-state index is -0.941. The predicted octanol–water partition coefficient (Wildman–Crippen LogP) is 4.22. The Bertz CT molecular complexity index is 900. The molecule has 0 amide bonds. The second-order valence-corrected chi connectivity index (χ2v) is 6.01. The van der Waals surface area contributed by atoms with E-state index in [-0.39, 0.29) is 5.82 Å². The number of benzene rings is 2. The first-order valence-electron chi connectivity index (χ1n) is 8.35. The van der Waals surface area contributed by atoms with Crippen LogP contribution >= 0.6 is 0 Å². The zero-order valence-electron chi connectivity index (χ0n) is 14.2. The van der Waals surface area contributed by atoms with Crippen LogP contribution in [0.25, 0.3) is 6.08 Å². The Morgan fingerprint density at radius 1 is 1.15 bits per heavy atom. The van der Waals surface area contributed by atoms with E-state index in [4.69, 9.17) is 0 Å². The van der Waals surface area contributed by atoms with Crippen LogP contribution < -0.4 is 0 Å². The van der Waals surface area contributed by atoms with Crippen molar-refractivity contribution < 1.29 is 14.3 Å². The maximum atomic E-state index is 13.0. The van der Waals surface area contributed by atoms with E-state index in [1.165, 1.54) is 12.1 Å². The quantitative estimate of drug-likeness (QED) is 0.694. The van der Waals surface area contributed by atoms with Gasteiger partial charge in [0.15, 0.2) is 0 Å². The molecule has 3 rings (SSSR count). The Balaban J connectivity index is 1.70.